The van der Waals surface area contributed by atoms with Gasteiger partial charge in [0.15, 0.2) is 0 Å². The van der Waals surface area contributed by atoms with Crippen molar-refractivity contribution in [1.82, 2.24) is 0 Å². The van der Waals surface area contributed by atoms with E-state index in [1.165, 1.54) is 11.3 Å². The zero-order valence-corrected chi connectivity index (χ0v) is 12.3. The van der Waals surface area contributed by atoms with E-state index in [1.54, 1.807) is 0 Å². The number of nitro groups is 1. The average Bonchev–Trinajstić information content (AvgIpc) is 2.72. The van der Waals surface area contributed by atoms with Gasteiger partial charge in [-0.15, -0.1) is 11.3 Å². The summed E-state index contributed by atoms with van der Waals surface area (Å²) in [7, 11) is 0. The predicted molar refractivity (Wildman–Crippen MR) is 85.0 cm³/mol. The highest BCUT2D eigenvalue weighted by Gasteiger charge is 2.20. The molecule has 5 nitrogen and oxygen atoms in total. The highest BCUT2D eigenvalue weighted by molar-refractivity contribution is 7.20. The number of thiophene rings is 1. The molecule has 7 heteroatoms. The molecule has 106 valence electrons. The molecule has 0 saturated heterocycles. The largest absolute Gasteiger partial charge is 0.343 e. The molecule has 21 heavy (non-hydrogen) atoms. The molecule has 1 aromatic heterocycles. The fraction of sp³-hybridized carbons (Fsp3) is 0.0714. The lowest BCUT2D eigenvalue weighted by molar-refractivity contribution is -0.403. The Bertz CT molecular complexity index is 753. The van der Waals surface area contributed by atoms with E-state index in [1.807, 2.05) is 36.4 Å². The van der Waals surface area contributed by atoms with Crippen LogP contribution in [0.5, 0.6) is 0 Å². The molecule has 0 atom stereocenters. The second-order valence-corrected chi connectivity index (χ2v) is 6.07. The van der Waals surface area contributed by atoms with Gasteiger partial charge in [0.25, 0.3) is 6.20 Å². The Hall–Kier alpha value is -2.18. The summed E-state index contributed by atoms with van der Waals surface area (Å²) in [6, 6.07) is 11.5. The zero-order chi connectivity index (χ0) is 14.8. The number of benzene rings is 1. The van der Waals surface area contributed by atoms with Gasteiger partial charge in [0.05, 0.1) is 21.5 Å². The van der Waals surface area contributed by atoms with Crippen molar-refractivity contribution in [3.05, 3.63) is 73.9 Å². The maximum Gasteiger partial charge on any atom is 0.255 e. The van der Waals surface area contributed by atoms with Crippen LogP contribution in [-0.4, -0.2) is 17.2 Å². The first-order valence-electron chi connectivity index (χ1n) is 6.14. The summed E-state index contributed by atoms with van der Waals surface area (Å²) < 4.78 is 0.610. The molecule has 0 spiro atoms. The lowest BCUT2D eigenvalue weighted by atomic mass is 10.0. The Morgan fingerprint density at radius 2 is 2.14 bits per heavy atom. The molecule has 1 aliphatic rings. The molecule has 0 fully saturated rings. The number of hydrogen-bond donors (Lipinski definition) is 1. The third kappa shape index (κ3) is 2.96. The van der Waals surface area contributed by atoms with Crippen molar-refractivity contribution in [1.29, 1.82) is 0 Å². The predicted octanol–water partition coefficient (Wildman–Crippen LogP) is 3.78. The van der Waals surface area contributed by atoms with E-state index < -0.39 is 4.92 Å². The number of fused-ring (bicyclic) bond motifs is 1. The number of rotatable bonds is 2. The van der Waals surface area contributed by atoms with E-state index in [2.05, 4.69) is 10.3 Å². The van der Waals surface area contributed by atoms with Gasteiger partial charge in [-0.1, -0.05) is 41.9 Å². The number of nitrogens with zero attached hydrogens (tertiary/aromatic N) is 2. The van der Waals surface area contributed by atoms with Crippen LogP contribution >= 0.6 is 22.9 Å². The summed E-state index contributed by atoms with van der Waals surface area (Å²) in [4.78, 5) is 14.7. The minimum Gasteiger partial charge on any atom is -0.343 e. The van der Waals surface area contributed by atoms with Crippen molar-refractivity contribution in [3.63, 3.8) is 0 Å². The third-order valence-electron chi connectivity index (χ3n) is 2.95. The van der Waals surface area contributed by atoms with Crippen LogP contribution in [0.1, 0.15) is 11.1 Å². The highest BCUT2D eigenvalue weighted by atomic mass is 35.5. The first-order valence-corrected chi connectivity index (χ1v) is 7.34. The zero-order valence-electron chi connectivity index (χ0n) is 10.7. The Labute approximate surface area is 129 Å². The van der Waals surface area contributed by atoms with Gasteiger partial charge in [-0.25, -0.2) is 0 Å². The van der Waals surface area contributed by atoms with Crippen LogP contribution in [0.4, 0.5) is 5.00 Å². The smallest absolute Gasteiger partial charge is 0.255 e. The minimum atomic E-state index is -0.486. The number of nitrogens with one attached hydrogen (secondary N) is 1. The normalized spacial score (nSPS) is 15.9. The molecule has 0 radical (unpaired) electrons. The van der Waals surface area contributed by atoms with E-state index in [0.717, 1.165) is 28.0 Å². The molecule has 0 aliphatic carbocycles. The molecule has 1 aliphatic heterocycles. The topological polar surface area (TPSA) is 67.5 Å². The summed E-state index contributed by atoms with van der Waals surface area (Å²) in [5.74, 6) is 0. The molecule has 3 rings (SSSR count). The lowest BCUT2D eigenvalue weighted by Gasteiger charge is -2.04. The van der Waals surface area contributed by atoms with Crippen molar-refractivity contribution in [2.24, 2.45) is 4.99 Å². The third-order valence-corrected chi connectivity index (χ3v) is 4.13. The van der Waals surface area contributed by atoms with Crippen molar-refractivity contribution >= 4 is 33.7 Å². The average molecular weight is 320 g/mol. The molecular formula is C14H10ClN3O2S. The molecule has 1 N–H and O–H groups in total. The molecule has 2 aromatic rings. The van der Waals surface area contributed by atoms with Crippen LogP contribution in [0.15, 0.2) is 53.3 Å². The lowest BCUT2D eigenvalue weighted by Crippen LogP contribution is -2.03. The molecule has 2 heterocycles. The summed E-state index contributed by atoms with van der Waals surface area (Å²) in [5.41, 5.74) is 3.04. The first kappa shape index (κ1) is 13.8. The Balaban J connectivity index is 2.11. The quantitative estimate of drug-likeness (QED) is 0.676. The van der Waals surface area contributed by atoms with Crippen molar-refractivity contribution in [2.45, 2.75) is 0 Å². The molecule has 0 unspecified atom stereocenters. The summed E-state index contributed by atoms with van der Waals surface area (Å²) in [6.07, 6.45) is 0.939. The van der Waals surface area contributed by atoms with Gasteiger partial charge >= 0.3 is 0 Å². The number of aliphatic imine (C=N–C) groups is 1. The van der Waals surface area contributed by atoms with Crippen LogP contribution < -0.4 is 5.32 Å². The maximum atomic E-state index is 10.7. The first-order chi connectivity index (χ1) is 10.1. The monoisotopic (exact) mass is 319 g/mol. The standard InChI is InChI=1S/C14H10ClN3O2S/c15-12-6-11-13(9-4-2-1-3-5-9)16-7-10(8-18(19)20)17-14(11)21-12/h1-6,8,17H,7H2/b10-8+. The van der Waals surface area contributed by atoms with Gasteiger partial charge in [-0.05, 0) is 6.07 Å². The van der Waals surface area contributed by atoms with E-state index in [-0.39, 0.29) is 6.54 Å². The van der Waals surface area contributed by atoms with Gasteiger partial charge in [0.1, 0.15) is 10.7 Å². The van der Waals surface area contributed by atoms with Gasteiger partial charge in [0.2, 0.25) is 0 Å². The summed E-state index contributed by atoms with van der Waals surface area (Å²) in [5, 5.41) is 14.5. The van der Waals surface area contributed by atoms with E-state index in [4.69, 9.17) is 11.6 Å². The van der Waals surface area contributed by atoms with Gasteiger partial charge in [-0.3, -0.25) is 15.1 Å². The van der Waals surface area contributed by atoms with E-state index in [9.17, 15) is 10.1 Å². The second-order valence-electron chi connectivity index (χ2n) is 4.39. The Morgan fingerprint density at radius 1 is 1.38 bits per heavy atom. The van der Waals surface area contributed by atoms with Crippen molar-refractivity contribution in [2.75, 3.05) is 11.9 Å². The van der Waals surface area contributed by atoms with Crippen LogP contribution in [-0.2, 0) is 0 Å². The van der Waals surface area contributed by atoms with Crippen LogP contribution in [0.3, 0.4) is 0 Å². The van der Waals surface area contributed by atoms with Crippen molar-refractivity contribution < 1.29 is 4.92 Å². The fourth-order valence-corrected chi connectivity index (χ4v) is 3.27. The van der Waals surface area contributed by atoms with Gasteiger partial charge < -0.3 is 5.32 Å². The summed E-state index contributed by atoms with van der Waals surface area (Å²) in [6.45, 7) is 0.226. The highest BCUT2D eigenvalue weighted by Crippen LogP contribution is 2.35. The van der Waals surface area contributed by atoms with Crippen LogP contribution in [0.25, 0.3) is 0 Å². The second kappa shape index (κ2) is 5.67. The Kier molecular flexibility index (Phi) is 3.72. The molecule has 0 amide bonds. The van der Waals surface area contributed by atoms with Gasteiger partial charge in [0, 0.05) is 11.1 Å². The SMILES string of the molecule is O=[N+]([O-])/C=C1\CN=C(c2ccccc2)c2cc(Cl)sc2N1. The number of hydrogen-bond acceptors (Lipinski definition) is 5. The fourth-order valence-electron chi connectivity index (χ4n) is 2.11. The molecule has 0 bridgehead atoms. The summed E-state index contributed by atoms with van der Waals surface area (Å²) >= 11 is 7.42. The van der Waals surface area contributed by atoms with Crippen LogP contribution in [0, 0.1) is 10.1 Å². The van der Waals surface area contributed by atoms with Crippen LogP contribution in [0.2, 0.25) is 4.34 Å². The minimum absolute atomic E-state index is 0.226. The van der Waals surface area contributed by atoms with Crippen molar-refractivity contribution in [3.8, 4) is 0 Å². The Morgan fingerprint density at radius 3 is 2.86 bits per heavy atom. The number of anilines is 1. The van der Waals surface area contributed by atoms with E-state index in [0.29, 0.717) is 10.0 Å². The maximum absolute atomic E-state index is 10.7. The van der Waals surface area contributed by atoms with E-state index >= 15 is 0 Å². The molecule has 0 saturated carbocycles. The van der Waals surface area contributed by atoms with Gasteiger partial charge in [-0.2, -0.15) is 0 Å². The molecular weight excluding hydrogens is 310 g/mol. The molecule has 1 aromatic carbocycles. The number of halogens is 1.